The summed E-state index contributed by atoms with van der Waals surface area (Å²) in [5, 5.41) is 7.87. The maximum absolute atomic E-state index is 7.87. The number of nitrogens with two attached hydrogens (primary N) is 2. The predicted molar refractivity (Wildman–Crippen MR) is 25.6 cm³/mol. The van der Waals surface area contributed by atoms with Crippen LogP contribution in [-0.2, 0) is 4.89 Å². The van der Waals surface area contributed by atoms with Gasteiger partial charge in [-0.15, -0.1) is 0 Å². The van der Waals surface area contributed by atoms with E-state index >= 15 is 0 Å². The topological polar surface area (TPSA) is 81.5 Å². The van der Waals surface area contributed by atoms with Crippen LogP contribution in [0.3, 0.4) is 0 Å². The van der Waals surface area contributed by atoms with Gasteiger partial charge in [-0.3, -0.25) is 5.26 Å². The van der Waals surface area contributed by atoms with E-state index < -0.39 is 6.10 Å². The zero-order valence-corrected chi connectivity index (χ0v) is 4.00. The maximum Gasteiger partial charge on any atom is 0.117 e. The van der Waals surface area contributed by atoms with Crippen LogP contribution in [0.5, 0.6) is 0 Å². The minimum atomic E-state index is -0.403. The van der Waals surface area contributed by atoms with Crippen LogP contribution in [0.4, 0.5) is 0 Å². The predicted octanol–water partition coefficient (Wildman–Crippen LogP) is -1.24. The number of hydrogen-bond acceptors (Lipinski definition) is 4. The molecule has 0 unspecified atom stereocenters. The molecule has 0 saturated carbocycles. The van der Waals surface area contributed by atoms with Crippen LogP contribution in [0.15, 0.2) is 0 Å². The standard InChI is InChI=1S/C3H10N2O2/c4-1-3(2-5)7-6/h3,6H,1-2,4-5H2. The summed E-state index contributed by atoms with van der Waals surface area (Å²) in [4.78, 5) is 3.80. The van der Waals surface area contributed by atoms with E-state index in [1.807, 2.05) is 0 Å². The Bertz CT molecular complexity index is 32.4. The fourth-order valence-corrected chi connectivity index (χ4v) is 0.182. The van der Waals surface area contributed by atoms with Gasteiger partial charge in [0.25, 0.3) is 0 Å². The second-order valence-corrected chi connectivity index (χ2v) is 1.20. The van der Waals surface area contributed by atoms with Crippen LogP contribution in [0.2, 0.25) is 0 Å². The lowest BCUT2D eigenvalue weighted by Gasteiger charge is -2.04. The molecule has 0 saturated heterocycles. The van der Waals surface area contributed by atoms with E-state index in [4.69, 9.17) is 16.7 Å². The van der Waals surface area contributed by atoms with Crippen molar-refractivity contribution in [1.82, 2.24) is 0 Å². The van der Waals surface area contributed by atoms with Gasteiger partial charge in [-0.1, -0.05) is 0 Å². The third kappa shape index (κ3) is 2.52. The molecule has 5 N–H and O–H groups in total. The number of hydrogen-bond donors (Lipinski definition) is 3. The van der Waals surface area contributed by atoms with E-state index in [0.29, 0.717) is 0 Å². The average Bonchev–Trinajstić information content (AvgIpc) is 1.72. The summed E-state index contributed by atoms with van der Waals surface area (Å²) >= 11 is 0. The van der Waals surface area contributed by atoms with Crippen LogP contribution < -0.4 is 11.5 Å². The van der Waals surface area contributed by atoms with E-state index in [0.717, 1.165) is 0 Å². The smallest absolute Gasteiger partial charge is 0.117 e. The fourth-order valence-electron chi connectivity index (χ4n) is 0.182. The minimum Gasteiger partial charge on any atom is -0.328 e. The van der Waals surface area contributed by atoms with Gasteiger partial charge in [-0.05, 0) is 0 Å². The van der Waals surface area contributed by atoms with Gasteiger partial charge < -0.3 is 11.5 Å². The van der Waals surface area contributed by atoms with Gasteiger partial charge in [0.05, 0.1) is 0 Å². The highest BCUT2D eigenvalue weighted by molar-refractivity contribution is 4.54. The SMILES string of the molecule is NCC(CN)OO. The Morgan fingerprint density at radius 1 is 1.43 bits per heavy atom. The molecule has 0 aromatic heterocycles. The molecule has 7 heavy (non-hydrogen) atoms. The molecule has 0 aliphatic heterocycles. The second-order valence-electron chi connectivity index (χ2n) is 1.20. The molecule has 0 spiro atoms. The summed E-state index contributed by atoms with van der Waals surface area (Å²) < 4.78 is 0. The van der Waals surface area contributed by atoms with Crippen molar-refractivity contribution in [3.63, 3.8) is 0 Å². The van der Waals surface area contributed by atoms with Crippen molar-refractivity contribution in [2.24, 2.45) is 11.5 Å². The van der Waals surface area contributed by atoms with Crippen molar-refractivity contribution >= 4 is 0 Å². The normalized spacial score (nSPS) is 10.3. The molecule has 0 heterocycles. The Morgan fingerprint density at radius 3 is 1.86 bits per heavy atom. The minimum absolute atomic E-state index is 0.257. The molecule has 0 radical (unpaired) electrons. The summed E-state index contributed by atoms with van der Waals surface area (Å²) in [7, 11) is 0. The Balaban J connectivity index is 2.99. The highest BCUT2D eigenvalue weighted by Crippen LogP contribution is 1.77. The fraction of sp³-hybridized carbons (Fsp3) is 1.00. The molecule has 0 aromatic carbocycles. The summed E-state index contributed by atoms with van der Waals surface area (Å²) in [5.74, 6) is 0. The van der Waals surface area contributed by atoms with Crippen LogP contribution in [-0.4, -0.2) is 24.5 Å². The molecule has 44 valence electrons. The Morgan fingerprint density at radius 2 is 1.86 bits per heavy atom. The Labute approximate surface area is 42.0 Å². The molecular formula is C3H10N2O2. The van der Waals surface area contributed by atoms with Crippen molar-refractivity contribution in [1.29, 1.82) is 0 Å². The average molecular weight is 106 g/mol. The first-order valence-electron chi connectivity index (χ1n) is 2.05. The molecule has 0 bridgehead atoms. The first-order chi connectivity index (χ1) is 3.35. The first-order valence-corrected chi connectivity index (χ1v) is 2.05. The highest BCUT2D eigenvalue weighted by atomic mass is 17.1. The van der Waals surface area contributed by atoms with Gasteiger partial charge >= 0.3 is 0 Å². The van der Waals surface area contributed by atoms with E-state index in [9.17, 15) is 0 Å². The molecule has 0 atom stereocenters. The van der Waals surface area contributed by atoms with Crippen molar-refractivity contribution in [3.8, 4) is 0 Å². The molecular weight excluding hydrogens is 96.0 g/mol. The molecule has 0 fully saturated rings. The molecule has 4 nitrogen and oxygen atoms in total. The Hall–Kier alpha value is -0.160. The lowest BCUT2D eigenvalue weighted by molar-refractivity contribution is -0.272. The summed E-state index contributed by atoms with van der Waals surface area (Å²) in [6.45, 7) is 0.514. The van der Waals surface area contributed by atoms with E-state index in [2.05, 4.69) is 4.89 Å². The van der Waals surface area contributed by atoms with Crippen molar-refractivity contribution in [3.05, 3.63) is 0 Å². The molecule has 0 aromatic rings. The lowest BCUT2D eigenvalue weighted by Crippen LogP contribution is -2.30. The van der Waals surface area contributed by atoms with Gasteiger partial charge in [0.1, 0.15) is 6.10 Å². The van der Waals surface area contributed by atoms with Crippen LogP contribution >= 0.6 is 0 Å². The lowest BCUT2D eigenvalue weighted by atomic mass is 10.4. The largest absolute Gasteiger partial charge is 0.328 e. The van der Waals surface area contributed by atoms with Crippen molar-refractivity contribution in [2.45, 2.75) is 6.10 Å². The van der Waals surface area contributed by atoms with Crippen LogP contribution in [0, 0.1) is 0 Å². The zero-order valence-electron chi connectivity index (χ0n) is 4.00. The van der Waals surface area contributed by atoms with Crippen molar-refractivity contribution in [2.75, 3.05) is 13.1 Å². The van der Waals surface area contributed by atoms with E-state index in [1.54, 1.807) is 0 Å². The van der Waals surface area contributed by atoms with E-state index in [1.165, 1.54) is 0 Å². The first kappa shape index (κ1) is 6.84. The quantitative estimate of drug-likeness (QED) is 0.310. The molecule has 0 aliphatic carbocycles. The van der Waals surface area contributed by atoms with Crippen LogP contribution in [0.1, 0.15) is 0 Å². The maximum atomic E-state index is 7.87. The zero-order chi connectivity index (χ0) is 5.70. The highest BCUT2D eigenvalue weighted by Gasteiger charge is 1.99. The van der Waals surface area contributed by atoms with Gasteiger partial charge in [-0.25, -0.2) is 4.89 Å². The van der Waals surface area contributed by atoms with Crippen LogP contribution in [0.25, 0.3) is 0 Å². The molecule has 0 aliphatic rings. The molecule has 0 rings (SSSR count). The van der Waals surface area contributed by atoms with Gasteiger partial charge in [0.2, 0.25) is 0 Å². The molecule has 4 heteroatoms. The van der Waals surface area contributed by atoms with Crippen molar-refractivity contribution < 1.29 is 10.1 Å². The third-order valence-corrected chi connectivity index (χ3v) is 0.675. The summed E-state index contributed by atoms with van der Waals surface area (Å²) in [6, 6.07) is 0. The molecule has 0 amide bonds. The van der Waals surface area contributed by atoms with Gasteiger partial charge in [0.15, 0.2) is 0 Å². The summed E-state index contributed by atoms with van der Waals surface area (Å²) in [5.41, 5.74) is 10.1. The third-order valence-electron chi connectivity index (χ3n) is 0.675. The van der Waals surface area contributed by atoms with Gasteiger partial charge in [0, 0.05) is 13.1 Å². The number of rotatable bonds is 3. The van der Waals surface area contributed by atoms with Gasteiger partial charge in [-0.2, -0.15) is 0 Å². The van der Waals surface area contributed by atoms with E-state index in [-0.39, 0.29) is 13.1 Å². The second kappa shape index (κ2) is 4.01. The monoisotopic (exact) mass is 106 g/mol. The summed E-state index contributed by atoms with van der Waals surface area (Å²) in [6.07, 6.45) is -0.403. The Kier molecular flexibility index (Phi) is 3.92.